The van der Waals surface area contributed by atoms with Gasteiger partial charge in [0, 0.05) is 30.6 Å². The van der Waals surface area contributed by atoms with Crippen LogP contribution in [0, 0.1) is 5.92 Å². The van der Waals surface area contributed by atoms with Crippen LogP contribution in [0.3, 0.4) is 0 Å². The number of amides is 2. The molecular formula is C27H28ClN3O4S. The van der Waals surface area contributed by atoms with Crippen molar-refractivity contribution in [1.29, 1.82) is 0 Å². The Hall–Kier alpha value is -3.20. The molecule has 3 aromatic rings. The molecule has 188 valence electrons. The maximum atomic E-state index is 13.0. The Morgan fingerprint density at radius 1 is 0.889 bits per heavy atom. The zero-order valence-corrected chi connectivity index (χ0v) is 21.3. The number of carbonyl (C=O) groups excluding carboxylic acids is 2. The normalized spacial score (nSPS) is 14.8. The first-order chi connectivity index (χ1) is 17.3. The van der Waals surface area contributed by atoms with E-state index in [1.54, 1.807) is 48.5 Å². The van der Waals surface area contributed by atoms with Crippen molar-refractivity contribution in [3.63, 3.8) is 0 Å². The number of carbonyl (C=O) groups is 2. The lowest BCUT2D eigenvalue weighted by Gasteiger charge is -2.30. The standard InChI is InChI=1S/C27H28ClN3O4S/c28-24-12-6-4-10-22(24)19-36(34,35)31-16-14-21(15-17-31)26(32)30-25-13-7-5-11-23(25)27(33)29-18-20-8-2-1-3-9-20/h1-13,21H,14-19H2,(H,29,33)(H,30,32). The lowest BCUT2D eigenvalue weighted by molar-refractivity contribution is -0.120. The van der Waals surface area contributed by atoms with E-state index in [4.69, 9.17) is 11.6 Å². The summed E-state index contributed by atoms with van der Waals surface area (Å²) < 4.78 is 27.2. The minimum Gasteiger partial charge on any atom is -0.348 e. The molecular weight excluding hydrogens is 498 g/mol. The van der Waals surface area contributed by atoms with E-state index in [0.717, 1.165) is 5.56 Å². The number of anilines is 1. The van der Waals surface area contributed by atoms with Gasteiger partial charge >= 0.3 is 0 Å². The Labute approximate surface area is 216 Å². The van der Waals surface area contributed by atoms with Crippen LogP contribution in [-0.2, 0) is 27.1 Å². The first-order valence-electron chi connectivity index (χ1n) is 11.8. The van der Waals surface area contributed by atoms with Crippen LogP contribution in [0.1, 0.15) is 34.3 Å². The highest BCUT2D eigenvalue weighted by Crippen LogP contribution is 2.26. The zero-order valence-electron chi connectivity index (χ0n) is 19.7. The fourth-order valence-corrected chi connectivity index (χ4v) is 6.07. The third-order valence-electron chi connectivity index (χ3n) is 6.24. The first-order valence-corrected chi connectivity index (χ1v) is 13.8. The topological polar surface area (TPSA) is 95.6 Å². The molecule has 0 spiro atoms. The summed E-state index contributed by atoms with van der Waals surface area (Å²) in [6.07, 6.45) is 0.798. The number of rotatable bonds is 8. The summed E-state index contributed by atoms with van der Waals surface area (Å²) in [6.45, 7) is 0.886. The van der Waals surface area contributed by atoms with Gasteiger partial charge in [0.1, 0.15) is 0 Å². The molecule has 2 N–H and O–H groups in total. The summed E-state index contributed by atoms with van der Waals surface area (Å²) in [5.74, 6) is -1.02. The smallest absolute Gasteiger partial charge is 0.253 e. The van der Waals surface area contributed by atoms with Gasteiger partial charge in [0.05, 0.1) is 17.0 Å². The molecule has 0 aromatic heterocycles. The summed E-state index contributed by atoms with van der Waals surface area (Å²) in [6, 6.07) is 23.3. The molecule has 1 fully saturated rings. The van der Waals surface area contributed by atoms with E-state index in [2.05, 4.69) is 10.6 Å². The Bertz CT molecular complexity index is 1320. The van der Waals surface area contributed by atoms with Crippen molar-refractivity contribution in [3.05, 3.63) is 101 Å². The van der Waals surface area contributed by atoms with Gasteiger partial charge < -0.3 is 10.6 Å². The van der Waals surface area contributed by atoms with Crippen LogP contribution < -0.4 is 10.6 Å². The van der Waals surface area contributed by atoms with Crippen LogP contribution >= 0.6 is 11.6 Å². The van der Waals surface area contributed by atoms with Crippen LogP contribution in [0.25, 0.3) is 0 Å². The van der Waals surface area contributed by atoms with Gasteiger partial charge in [0.2, 0.25) is 15.9 Å². The second kappa shape index (κ2) is 11.7. The molecule has 0 radical (unpaired) electrons. The van der Waals surface area contributed by atoms with E-state index in [9.17, 15) is 18.0 Å². The highest BCUT2D eigenvalue weighted by Gasteiger charge is 2.32. The number of halogens is 1. The fourth-order valence-electron chi connectivity index (χ4n) is 4.20. The van der Waals surface area contributed by atoms with Gasteiger partial charge in [0.15, 0.2) is 0 Å². The van der Waals surface area contributed by atoms with Gasteiger partial charge in [-0.25, -0.2) is 12.7 Å². The maximum Gasteiger partial charge on any atom is 0.253 e. The van der Waals surface area contributed by atoms with Gasteiger partial charge in [-0.1, -0.05) is 72.3 Å². The molecule has 1 saturated heterocycles. The third kappa shape index (κ3) is 6.51. The van der Waals surface area contributed by atoms with Crippen LogP contribution in [0.15, 0.2) is 78.9 Å². The van der Waals surface area contributed by atoms with Crippen LogP contribution in [0.2, 0.25) is 5.02 Å². The Balaban J connectivity index is 1.34. The number of piperidine rings is 1. The maximum absolute atomic E-state index is 13.0. The van der Waals surface area contributed by atoms with Crippen molar-refractivity contribution in [2.45, 2.75) is 25.1 Å². The van der Waals surface area contributed by atoms with Gasteiger partial charge in [-0.15, -0.1) is 0 Å². The Kier molecular flexibility index (Phi) is 8.40. The third-order valence-corrected chi connectivity index (χ3v) is 8.44. The molecule has 2 amide bonds. The van der Waals surface area contributed by atoms with Gasteiger partial charge in [-0.05, 0) is 42.2 Å². The van der Waals surface area contributed by atoms with Crippen molar-refractivity contribution in [3.8, 4) is 0 Å². The molecule has 3 aromatic carbocycles. The second-order valence-electron chi connectivity index (χ2n) is 8.72. The molecule has 4 rings (SSSR count). The van der Waals surface area contributed by atoms with Gasteiger partial charge in [-0.2, -0.15) is 0 Å². The van der Waals surface area contributed by atoms with E-state index in [1.807, 2.05) is 30.3 Å². The minimum atomic E-state index is -3.55. The van der Waals surface area contributed by atoms with E-state index in [0.29, 0.717) is 41.2 Å². The van der Waals surface area contributed by atoms with Crippen molar-refractivity contribution >= 4 is 39.1 Å². The van der Waals surface area contributed by atoms with E-state index < -0.39 is 10.0 Å². The number of benzene rings is 3. The van der Waals surface area contributed by atoms with Crippen molar-refractivity contribution < 1.29 is 18.0 Å². The monoisotopic (exact) mass is 525 g/mol. The largest absolute Gasteiger partial charge is 0.348 e. The number of nitrogens with one attached hydrogen (secondary N) is 2. The summed E-state index contributed by atoms with van der Waals surface area (Å²) in [5, 5.41) is 6.18. The first kappa shape index (κ1) is 25.9. The summed E-state index contributed by atoms with van der Waals surface area (Å²) in [5.41, 5.74) is 2.34. The zero-order chi connectivity index (χ0) is 25.5. The SMILES string of the molecule is O=C(NCc1ccccc1)c1ccccc1NC(=O)C1CCN(S(=O)(=O)Cc2ccccc2Cl)CC1. The number of hydrogen-bond acceptors (Lipinski definition) is 4. The molecule has 0 aliphatic carbocycles. The van der Waals surface area contributed by atoms with Crippen molar-refractivity contribution in [2.75, 3.05) is 18.4 Å². The highest BCUT2D eigenvalue weighted by atomic mass is 35.5. The highest BCUT2D eigenvalue weighted by molar-refractivity contribution is 7.88. The molecule has 0 atom stereocenters. The average molecular weight is 526 g/mol. The molecule has 1 aliphatic rings. The predicted octanol–water partition coefficient (Wildman–Crippen LogP) is 4.45. The Morgan fingerprint density at radius 2 is 1.53 bits per heavy atom. The Morgan fingerprint density at radius 3 is 2.25 bits per heavy atom. The average Bonchev–Trinajstić information content (AvgIpc) is 2.89. The molecule has 0 bridgehead atoms. The predicted molar refractivity (Wildman–Crippen MR) is 141 cm³/mol. The number of nitrogens with zero attached hydrogens (tertiary/aromatic N) is 1. The van der Waals surface area contributed by atoms with Crippen molar-refractivity contribution in [2.24, 2.45) is 5.92 Å². The van der Waals surface area contributed by atoms with Crippen LogP contribution in [0.5, 0.6) is 0 Å². The van der Waals surface area contributed by atoms with E-state index in [-0.39, 0.29) is 36.6 Å². The van der Waals surface area contributed by atoms with Gasteiger partial charge in [-0.3, -0.25) is 9.59 Å². The minimum absolute atomic E-state index is 0.172. The lowest BCUT2D eigenvalue weighted by Crippen LogP contribution is -2.42. The van der Waals surface area contributed by atoms with Crippen molar-refractivity contribution in [1.82, 2.24) is 9.62 Å². The molecule has 1 aliphatic heterocycles. The number of sulfonamides is 1. The second-order valence-corrected chi connectivity index (χ2v) is 11.1. The molecule has 0 saturated carbocycles. The van der Waals surface area contributed by atoms with Crippen LogP contribution in [0.4, 0.5) is 5.69 Å². The lowest BCUT2D eigenvalue weighted by atomic mass is 9.97. The summed E-state index contributed by atoms with van der Waals surface area (Å²) in [7, 11) is -3.55. The molecule has 0 unspecified atom stereocenters. The number of para-hydroxylation sites is 1. The molecule has 7 nitrogen and oxygen atoms in total. The fraction of sp³-hybridized carbons (Fsp3) is 0.259. The van der Waals surface area contributed by atoms with E-state index in [1.165, 1.54) is 4.31 Å². The molecule has 36 heavy (non-hydrogen) atoms. The van der Waals surface area contributed by atoms with Gasteiger partial charge in [0.25, 0.3) is 5.91 Å². The quantitative estimate of drug-likeness (QED) is 0.454. The van der Waals surface area contributed by atoms with E-state index >= 15 is 0 Å². The van der Waals surface area contributed by atoms with Crippen LogP contribution in [-0.4, -0.2) is 37.6 Å². The summed E-state index contributed by atoms with van der Waals surface area (Å²) in [4.78, 5) is 25.8. The molecule has 1 heterocycles. The summed E-state index contributed by atoms with van der Waals surface area (Å²) >= 11 is 6.13. The molecule has 9 heteroatoms. The number of hydrogen-bond donors (Lipinski definition) is 2.